The van der Waals surface area contributed by atoms with Crippen molar-refractivity contribution >= 4 is 11.6 Å². The molecule has 1 N–H and O–H groups in total. The number of rotatable bonds is 6. The number of halogens is 2. The van der Waals surface area contributed by atoms with E-state index in [9.17, 15) is 4.39 Å². The molecule has 2 aromatic rings. The van der Waals surface area contributed by atoms with E-state index < -0.39 is 5.82 Å². The minimum absolute atomic E-state index is 0.155. The molecule has 20 heavy (non-hydrogen) atoms. The lowest BCUT2D eigenvalue weighted by Crippen LogP contribution is -2.25. The highest BCUT2D eigenvalue weighted by Gasteiger charge is 2.21. The highest BCUT2D eigenvalue weighted by molar-refractivity contribution is 6.31. The maximum atomic E-state index is 13.7. The third kappa shape index (κ3) is 3.02. The summed E-state index contributed by atoms with van der Waals surface area (Å²) in [5, 5.41) is 7.85. The average molecular weight is 296 g/mol. The number of nitrogens with zero attached hydrogens (tertiary/aromatic N) is 2. The van der Waals surface area contributed by atoms with Crippen LogP contribution in [0.5, 0.6) is 0 Å². The highest BCUT2D eigenvalue weighted by atomic mass is 35.5. The fourth-order valence-corrected chi connectivity index (χ4v) is 2.54. The summed E-state index contributed by atoms with van der Waals surface area (Å²) in [7, 11) is 0. The Bertz CT molecular complexity index is 568. The van der Waals surface area contributed by atoms with E-state index in [0.717, 1.165) is 30.8 Å². The molecule has 2 rings (SSSR count). The monoisotopic (exact) mass is 295 g/mol. The van der Waals surface area contributed by atoms with Gasteiger partial charge in [-0.3, -0.25) is 4.68 Å². The van der Waals surface area contributed by atoms with Crippen LogP contribution in [0.4, 0.5) is 4.39 Å². The van der Waals surface area contributed by atoms with Crippen LogP contribution in [0.15, 0.2) is 30.5 Å². The molecule has 0 fully saturated rings. The van der Waals surface area contributed by atoms with Gasteiger partial charge in [-0.15, -0.1) is 0 Å². The van der Waals surface area contributed by atoms with Crippen molar-refractivity contribution in [3.63, 3.8) is 0 Å². The second-order valence-electron chi connectivity index (χ2n) is 4.61. The molecule has 0 bridgehead atoms. The minimum Gasteiger partial charge on any atom is -0.305 e. The van der Waals surface area contributed by atoms with Crippen LogP contribution < -0.4 is 5.32 Å². The molecule has 108 valence electrons. The zero-order valence-corrected chi connectivity index (χ0v) is 12.5. The maximum Gasteiger partial charge on any atom is 0.142 e. The fraction of sp³-hybridized carbons (Fsp3) is 0.400. The van der Waals surface area contributed by atoms with Gasteiger partial charge in [0.15, 0.2) is 0 Å². The lowest BCUT2D eigenvalue weighted by atomic mass is 10.0. The van der Waals surface area contributed by atoms with E-state index in [0.29, 0.717) is 0 Å². The Morgan fingerprint density at radius 3 is 2.85 bits per heavy atom. The van der Waals surface area contributed by atoms with Gasteiger partial charge in [0.2, 0.25) is 0 Å². The van der Waals surface area contributed by atoms with Crippen LogP contribution in [-0.4, -0.2) is 16.3 Å². The summed E-state index contributed by atoms with van der Waals surface area (Å²) in [4.78, 5) is 0. The zero-order valence-electron chi connectivity index (χ0n) is 11.7. The summed E-state index contributed by atoms with van der Waals surface area (Å²) >= 11 is 6.13. The highest BCUT2D eigenvalue weighted by Crippen LogP contribution is 2.30. The number of hydrogen-bond acceptors (Lipinski definition) is 2. The Labute approximate surface area is 123 Å². The summed E-state index contributed by atoms with van der Waals surface area (Å²) < 4.78 is 15.6. The largest absolute Gasteiger partial charge is 0.305 e. The van der Waals surface area contributed by atoms with E-state index in [1.807, 2.05) is 23.7 Å². The molecule has 1 aromatic carbocycles. The maximum absolute atomic E-state index is 13.7. The Morgan fingerprint density at radius 2 is 2.15 bits per heavy atom. The van der Waals surface area contributed by atoms with Crippen molar-refractivity contribution in [2.24, 2.45) is 0 Å². The molecule has 0 saturated carbocycles. The predicted molar refractivity (Wildman–Crippen MR) is 79.4 cm³/mol. The first-order valence-corrected chi connectivity index (χ1v) is 7.25. The SMILES string of the molecule is CCCn1nccc1C(NCC)c1cccc(F)c1Cl. The molecule has 1 aromatic heterocycles. The second-order valence-corrected chi connectivity index (χ2v) is 4.99. The summed E-state index contributed by atoms with van der Waals surface area (Å²) in [6.45, 7) is 5.70. The van der Waals surface area contributed by atoms with Gasteiger partial charge in [-0.1, -0.05) is 37.6 Å². The Morgan fingerprint density at radius 1 is 1.35 bits per heavy atom. The predicted octanol–water partition coefficient (Wildman–Crippen LogP) is 3.78. The van der Waals surface area contributed by atoms with Crippen molar-refractivity contribution in [1.82, 2.24) is 15.1 Å². The lowest BCUT2D eigenvalue weighted by molar-refractivity contribution is 0.518. The molecule has 0 spiro atoms. The Hall–Kier alpha value is -1.39. The van der Waals surface area contributed by atoms with Crippen LogP contribution in [0.2, 0.25) is 5.02 Å². The smallest absolute Gasteiger partial charge is 0.142 e. The molecule has 1 heterocycles. The summed E-state index contributed by atoms with van der Waals surface area (Å²) in [6.07, 6.45) is 2.76. The number of aryl methyl sites for hydroxylation is 1. The molecule has 1 atom stereocenters. The molecule has 0 aliphatic carbocycles. The average Bonchev–Trinajstić information content (AvgIpc) is 2.88. The van der Waals surface area contributed by atoms with Gasteiger partial charge in [0, 0.05) is 12.7 Å². The standard InChI is InChI=1S/C15H19ClFN3/c1-3-10-20-13(8-9-19-20)15(18-4-2)11-6-5-7-12(17)14(11)16/h5-9,15,18H,3-4,10H2,1-2H3. The van der Waals surface area contributed by atoms with Gasteiger partial charge in [-0.2, -0.15) is 5.10 Å². The van der Waals surface area contributed by atoms with Crippen LogP contribution in [0, 0.1) is 5.82 Å². The number of hydrogen-bond donors (Lipinski definition) is 1. The minimum atomic E-state index is -0.395. The van der Waals surface area contributed by atoms with E-state index in [2.05, 4.69) is 17.3 Å². The first-order valence-electron chi connectivity index (χ1n) is 6.88. The molecule has 0 saturated heterocycles. The topological polar surface area (TPSA) is 29.9 Å². The molecule has 0 aliphatic rings. The van der Waals surface area contributed by atoms with Gasteiger partial charge in [-0.25, -0.2) is 4.39 Å². The van der Waals surface area contributed by atoms with Crippen molar-refractivity contribution in [3.8, 4) is 0 Å². The zero-order chi connectivity index (χ0) is 14.5. The van der Waals surface area contributed by atoms with E-state index in [-0.39, 0.29) is 11.1 Å². The Balaban J connectivity index is 2.45. The Kier molecular flexibility index (Phi) is 5.15. The van der Waals surface area contributed by atoms with Crippen LogP contribution in [0.1, 0.15) is 37.6 Å². The second kappa shape index (κ2) is 6.86. The third-order valence-corrected chi connectivity index (χ3v) is 3.58. The first kappa shape index (κ1) is 15.0. The normalized spacial score (nSPS) is 12.6. The molecule has 0 aliphatic heterocycles. The fourth-order valence-electron chi connectivity index (χ4n) is 2.31. The van der Waals surface area contributed by atoms with Gasteiger partial charge >= 0.3 is 0 Å². The molecule has 1 unspecified atom stereocenters. The van der Waals surface area contributed by atoms with Crippen LogP contribution in [0.3, 0.4) is 0 Å². The van der Waals surface area contributed by atoms with Gasteiger partial charge in [-0.05, 0) is 30.7 Å². The van der Waals surface area contributed by atoms with Crippen LogP contribution in [0.25, 0.3) is 0 Å². The summed E-state index contributed by atoms with van der Waals surface area (Å²) in [5.74, 6) is -0.395. The van der Waals surface area contributed by atoms with Crippen molar-refractivity contribution in [3.05, 3.63) is 52.6 Å². The van der Waals surface area contributed by atoms with Crippen molar-refractivity contribution in [2.45, 2.75) is 32.9 Å². The van der Waals surface area contributed by atoms with Crippen molar-refractivity contribution in [2.75, 3.05) is 6.54 Å². The van der Waals surface area contributed by atoms with Gasteiger partial charge < -0.3 is 5.32 Å². The molecular formula is C15H19ClFN3. The van der Waals surface area contributed by atoms with E-state index in [4.69, 9.17) is 11.6 Å². The molecule has 3 nitrogen and oxygen atoms in total. The third-order valence-electron chi connectivity index (χ3n) is 3.18. The van der Waals surface area contributed by atoms with E-state index >= 15 is 0 Å². The number of nitrogens with one attached hydrogen (secondary N) is 1. The quantitative estimate of drug-likeness (QED) is 0.879. The molecule has 0 radical (unpaired) electrons. The lowest BCUT2D eigenvalue weighted by Gasteiger charge is -2.21. The van der Waals surface area contributed by atoms with Gasteiger partial charge in [0.25, 0.3) is 0 Å². The van der Waals surface area contributed by atoms with E-state index in [1.54, 1.807) is 12.3 Å². The molecule has 5 heteroatoms. The van der Waals surface area contributed by atoms with Crippen molar-refractivity contribution < 1.29 is 4.39 Å². The molecule has 0 amide bonds. The van der Waals surface area contributed by atoms with Gasteiger partial charge in [0.1, 0.15) is 5.82 Å². The van der Waals surface area contributed by atoms with Gasteiger partial charge in [0.05, 0.1) is 16.8 Å². The van der Waals surface area contributed by atoms with E-state index in [1.165, 1.54) is 6.07 Å². The molecular weight excluding hydrogens is 277 g/mol. The number of benzene rings is 1. The van der Waals surface area contributed by atoms with Crippen LogP contribution >= 0.6 is 11.6 Å². The van der Waals surface area contributed by atoms with Crippen LogP contribution in [-0.2, 0) is 6.54 Å². The summed E-state index contributed by atoms with van der Waals surface area (Å²) in [6, 6.07) is 6.70. The summed E-state index contributed by atoms with van der Waals surface area (Å²) in [5.41, 5.74) is 1.74. The first-order chi connectivity index (χ1) is 9.69. The van der Waals surface area contributed by atoms with Crippen molar-refractivity contribution in [1.29, 1.82) is 0 Å². The number of aromatic nitrogens is 2.